The Morgan fingerprint density at radius 3 is 2.64 bits per heavy atom. The van der Waals surface area contributed by atoms with E-state index >= 15 is 0 Å². The van der Waals surface area contributed by atoms with Crippen molar-refractivity contribution in [2.75, 3.05) is 0 Å². The minimum atomic E-state index is -1.30. The quantitative estimate of drug-likeness (QED) is 0.507. The number of imidazole rings is 1. The van der Waals surface area contributed by atoms with Crippen LogP contribution in [0.15, 0.2) is 12.5 Å². The molecule has 0 aliphatic rings. The average Bonchev–Trinajstić information content (AvgIpc) is 2.42. The standard InChI is InChI=1S/C8H13N3O3/c1-10-3-5(11(2)4-10)7(12)6(9)8(13)14/h3-4,6-7,12H,9H2,1-2H3/p+1/t6-,7+/m0/s1. The first-order valence-corrected chi connectivity index (χ1v) is 4.11. The molecule has 1 heterocycles. The monoisotopic (exact) mass is 200 g/mol. The van der Waals surface area contributed by atoms with Gasteiger partial charge in [0, 0.05) is 0 Å². The Morgan fingerprint density at radius 2 is 2.29 bits per heavy atom. The zero-order valence-electron chi connectivity index (χ0n) is 8.08. The van der Waals surface area contributed by atoms with Crippen molar-refractivity contribution < 1.29 is 19.6 Å². The first-order valence-electron chi connectivity index (χ1n) is 4.11. The van der Waals surface area contributed by atoms with Crippen molar-refractivity contribution in [3.63, 3.8) is 0 Å². The molecule has 1 rings (SSSR count). The van der Waals surface area contributed by atoms with Crippen LogP contribution < -0.4 is 10.3 Å². The second kappa shape index (κ2) is 3.77. The van der Waals surface area contributed by atoms with E-state index in [2.05, 4.69) is 0 Å². The molecule has 0 saturated carbocycles. The van der Waals surface area contributed by atoms with Gasteiger partial charge in [-0.2, -0.15) is 0 Å². The van der Waals surface area contributed by atoms with Gasteiger partial charge >= 0.3 is 5.97 Å². The van der Waals surface area contributed by atoms with Crippen LogP contribution in [0.1, 0.15) is 11.8 Å². The largest absolute Gasteiger partial charge is 0.480 e. The molecule has 0 radical (unpaired) electrons. The highest BCUT2D eigenvalue weighted by atomic mass is 16.4. The van der Waals surface area contributed by atoms with Crippen LogP contribution in [0.5, 0.6) is 0 Å². The first kappa shape index (κ1) is 10.7. The summed E-state index contributed by atoms with van der Waals surface area (Å²) < 4.78 is 3.35. The van der Waals surface area contributed by atoms with Crippen molar-refractivity contribution in [2.24, 2.45) is 19.8 Å². The van der Waals surface area contributed by atoms with Crippen LogP contribution in [0.4, 0.5) is 0 Å². The topological polar surface area (TPSA) is 92.4 Å². The van der Waals surface area contributed by atoms with Crippen LogP contribution in [0.25, 0.3) is 0 Å². The Bertz CT molecular complexity index is 348. The number of carboxylic acids is 1. The van der Waals surface area contributed by atoms with Crippen LogP contribution in [-0.2, 0) is 18.9 Å². The van der Waals surface area contributed by atoms with E-state index in [9.17, 15) is 9.90 Å². The Hall–Kier alpha value is -1.40. The van der Waals surface area contributed by atoms with Gasteiger partial charge in [0.2, 0.25) is 6.33 Å². The molecule has 6 nitrogen and oxygen atoms in total. The lowest BCUT2D eigenvalue weighted by Crippen LogP contribution is -2.37. The van der Waals surface area contributed by atoms with Gasteiger partial charge in [-0.25, -0.2) is 9.13 Å². The number of nitrogens with zero attached hydrogens (tertiary/aromatic N) is 2. The van der Waals surface area contributed by atoms with E-state index < -0.39 is 18.1 Å². The molecule has 2 atom stereocenters. The molecule has 4 N–H and O–H groups in total. The second-order valence-electron chi connectivity index (χ2n) is 3.25. The number of aliphatic hydroxyl groups is 1. The Balaban J connectivity index is 2.94. The summed E-state index contributed by atoms with van der Waals surface area (Å²) >= 11 is 0. The molecule has 0 spiro atoms. The number of hydrogen-bond donors (Lipinski definition) is 3. The minimum Gasteiger partial charge on any atom is -0.480 e. The zero-order valence-corrected chi connectivity index (χ0v) is 8.08. The molecular weight excluding hydrogens is 186 g/mol. The average molecular weight is 200 g/mol. The number of carbonyl (C=O) groups is 1. The van der Waals surface area contributed by atoms with Crippen LogP contribution in [0.2, 0.25) is 0 Å². The first-order chi connectivity index (χ1) is 6.43. The highest BCUT2D eigenvalue weighted by Gasteiger charge is 2.29. The molecule has 78 valence electrons. The molecule has 0 saturated heterocycles. The summed E-state index contributed by atoms with van der Waals surface area (Å²) in [5.74, 6) is -1.22. The molecular formula is C8H14N3O3+. The lowest BCUT2D eigenvalue weighted by Gasteiger charge is -2.11. The summed E-state index contributed by atoms with van der Waals surface area (Å²) in [6, 6.07) is -1.30. The molecule has 0 amide bonds. The van der Waals surface area contributed by atoms with Crippen molar-refractivity contribution in [1.82, 2.24) is 4.57 Å². The Kier molecular flexibility index (Phi) is 2.87. The number of hydrogen-bond acceptors (Lipinski definition) is 3. The van der Waals surface area contributed by atoms with E-state index in [1.165, 1.54) is 0 Å². The van der Waals surface area contributed by atoms with Gasteiger partial charge in [0.05, 0.1) is 14.1 Å². The Labute approximate surface area is 81.2 Å². The molecule has 0 fully saturated rings. The van der Waals surface area contributed by atoms with Gasteiger partial charge in [0.1, 0.15) is 18.3 Å². The minimum absolute atomic E-state index is 0.474. The van der Waals surface area contributed by atoms with Gasteiger partial charge in [0.15, 0.2) is 5.69 Å². The summed E-state index contributed by atoms with van der Waals surface area (Å²) in [4.78, 5) is 10.5. The van der Waals surface area contributed by atoms with Gasteiger partial charge in [-0.1, -0.05) is 0 Å². The van der Waals surface area contributed by atoms with Crippen LogP contribution in [-0.4, -0.2) is 26.8 Å². The van der Waals surface area contributed by atoms with E-state index in [4.69, 9.17) is 10.8 Å². The summed E-state index contributed by atoms with van der Waals surface area (Å²) in [5, 5.41) is 18.2. The van der Waals surface area contributed by atoms with Crippen molar-refractivity contribution in [3.05, 3.63) is 18.2 Å². The predicted molar refractivity (Wildman–Crippen MR) is 47.2 cm³/mol. The zero-order chi connectivity index (χ0) is 10.9. The van der Waals surface area contributed by atoms with Crippen LogP contribution in [0.3, 0.4) is 0 Å². The fourth-order valence-corrected chi connectivity index (χ4v) is 1.28. The van der Waals surface area contributed by atoms with Crippen LogP contribution >= 0.6 is 0 Å². The summed E-state index contributed by atoms with van der Waals surface area (Å²) in [7, 11) is 3.50. The van der Waals surface area contributed by atoms with E-state index in [0.29, 0.717) is 5.69 Å². The lowest BCUT2D eigenvalue weighted by atomic mass is 10.1. The van der Waals surface area contributed by atoms with Gasteiger partial charge in [-0.15, -0.1) is 0 Å². The third kappa shape index (κ3) is 1.91. The normalized spacial score (nSPS) is 15.1. The van der Waals surface area contributed by atoms with E-state index in [1.54, 1.807) is 35.8 Å². The molecule has 0 bridgehead atoms. The van der Waals surface area contributed by atoms with Crippen molar-refractivity contribution in [3.8, 4) is 0 Å². The van der Waals surface area contributed by atoms with Gasteiger partial charge < -0.3 is 15.9 Å². The van der Waals surface area contributed by atoms with E-state index in [0.717, 1.165) is 0 Å². The Morgan fingerprint density at radius 1 is 1.71 bits per heavy atom. The molecule has 14 heavy (non-hydrogen) atoms. The van der Waals surface area contributed by atoms with E-state index in [-0.39, 0.29) is 0 Å². The maximum absolute atomic E-state index is 10.5. The molecule has 0 aliphatic heterocycles. The van der Waals surface area contributed by atoms with Crippen LogP contribution in [0, 0.1) is 0 Å². The molecule has 0 aromatic carbocycles. The maximum atomic E-state index is 10.5. The highest BCUT2D eigenvalue weighted by molar-refractivity contribution is 5.74. The van der Waals surface area contributed by atoms with Gasteiger partial charge in [-0.05, 0) is 0 Å². The smallest absolute Gasteiger partial charge is 0.323 e. The third-order valence-electron chi connectivity index (χ3n) is 2.03. The molecule has 0 aliphatic carbocycles. The third-order valence-corrected chi connectivity index (χ3v) is 2.03. The number of aryl methyl sites for hydroxylation is 2. The highest BCUT2D eigenvalue weighted by Crippen LogP contribution is 2.13. The molecule has 1 aromatic heterocycles. The number of aromatic nitrogens is 2. The number of aliphatic hydroxyl groups excluding tert-OH is 1. The lowest BCUT2D eigenvalue weighted by molar-refractivity contribution is -0.671. The second-order valence-corrected chi connectivity index (χ2v) is 3.25. The fourth-order valence-electron chi connectivity index (χ4n) is 1.28. The number of nitrogens with two attached hydrogens (primary N) is 1. The van der Waals surface area contributed by atoms with Gasteiger partial charge in [0.25, 0.3) is 0 Å². The maximum Gasteiger partial charge on any atom is 0.323 e. The predicted octanol–water partition coefficient (Wildman–Crippen LogP) is -1.71. The van der Waals surface area contributed by atoms with Crippen molar-refractivity contribution >= 4 is 5.97 Å². The van der Waals surface area contributed by atoms with Crippen molar-refractivity contribution in [2.45, 2.75) is 12.1 Å². The van der Waals surface area contributed by atoms with E-state index in [1.807, 2.05) is 0 Å². The number of rotatable bonds is 3. The number of carboxylic acid groups (broad SMARTS) is 1. The fraction of sp³-hybridized carbons (Fsp3) is 0.500. The SMILES string of the molecule is Cn1c[n+](C)cc1[C@@H](O)[C@H](N)C(=O)O. The molecule has 6 heteroatoms. The number of aliphatic carboxylic acids is 1. The summed E-state index contributed by atoms with van der Waals surface area (Å²) in [6.45, 7) is 0. The summed E-state index contributed by atoms with van der Waals surface area (Å²) in [6.07, 6.45) is 2.15. The van der Waals surface area contributed by atoms with Crippen molar-refractivity contribution in [1.29, 1.82) is 0 Å². The van der Waals surface area contributed by atoms with Gasteiger partial charge in [-0.3, -0.25) is 4.79 Å². The molecule has 1 aromatic rings. The molecule has 0 unspecified atom stereocenters. The summed E-state index contributed by atoms with van der Waals surface area (Å²) in [5.41, 5.74) is 5.77.